The first-order valence-corrected chi connectivity index (χ1v) is 6.74. The van der Waals surface area contributed by atoms with Crippen molar-refractivity contribution in [2.45, 2.75) is 13.8 Å². The topological polar surface area (TPSA) is 25.8 Å². The van der Waals surface area contributed by atoms with Gasteiger partial charge in [-0.2, -0.15) is 0 Å². The molecule has 3 rings (SSSR count). The number of aryl methyl sites for hydroxylation is 2. The maximum Gasteiger partial charge on any atom is 0.159 e. The normalized spacial score (nSPS) is 11.1. The van der Waals surface area contributed by atoms with Gasteiger partial charge in [0.2, 0.25) is 0 Å². The molecule has 0 amide bonds. The molecule has 106 valence electrons. The van der Waals surface area contributed by atoms with Gasteiger partial charge in [-0.25, -0.2) is 8.78 Å². The molecule has 0 fully saturated rings. The van der Waals surface area contributed by atoms with Gasteiger partial charge in [0.05, 0.1) is 0 Å². The van der Waals surface area contributed by atoms with E-state index in [-0.39, 0.29) is 10.7 Å². The Morgan fingerprint density at radius 3 is 2.24 bits per heavy atom. The molecular weight excluding hydrogens is 294 g/mol. The van der Waals surface area contributed by atoms with Crippen molar-refractivity contribution in [2.24, 2.45) is 0 Å². The second kappa shape index (κ2) is 5.04. The van der Waals surface area contributed by atoms with Crippen LogP contribution in [0.15, 0.2) is 30.3 Å². The lowest BCUT2D eigenvalue weighted by molar-refractivity contribution is 0.585. The van der Waals surface area contributed by atoms with Crippen molar-refractivity contribution in [3.8, 4) is 11.3 Å². The summed E-state index contributed by atoms with van der Waals surface area (Å²) in [5, 5.41) is 9.68. The molecule has 0 unspecified atom stereocenters. The second-order valence-electron chi connectivity index (χ2n) is 4.91. The Hall–Kier alpha value is -2.07. The Morgan fingerprint density at radius 1 is 0.905 bits per heavy atom. The molecule has 0 aliphatic rings. The van der Waals surface area contributed by atoms with Crippen LogP contribution in [0.5, 0.6) is 0 Å². The molecule has 0 N–H and O–H groups in total. The van der Waals surface area contributed by atoms with Crippen LogP contribution >= 0.6 is 11.6 Å². The van der Waals surface area contributed by atoms with Crippen molar-refractivity contribution in [1.29, 1.82) is 0 Å². The van der Waals surface area contributed by atoms with Crippen molar-refractivity contribution >= 4 is 22.4 Å². The number of benzene rings is 2. The van der Waals surface area contributed by atoms with E-state index in [1.54, 1.807) is 0 Å². The monoisotopic (exact) mass is 304 g/mol. The number of hydrogen-bond acceptors (Lipinski definition) is 2. The minimum atomic E-state index is -0.672. The summed E-state index contributed by atoms with van der Waals surface area (Å²) in [6.45, 7) is 3.80. The van der Waals surface area contributed by atoms with Gasteiger partial charge in [0.25, 0.3) is 0 Å². The number of halogens is 3. The maximum absolute atomic E-state index is 14.1. The number of hydrogen-bond donors (Lipinski definition) is 0. The highest BCUT2D eigenvalue weighted by molar-refractivity contribution is 6.35. The largest absolute Gasteiger partial charge is 0.207 e. The molecule has 2 aromatic carbocycles. The van der Waals surface area contributed by atoms with E-state index in [0.717, 1.165) is 28.0 Å². The van der Waals surface area contributed by atoms with Gasteiger partial charge < -0.3 is 0 Å². The van der Waals surface area contributed by atoms with Crippen LogP contribution in [0.25, 0.3) is 22.0 Å². The highest BCUT2D eigenvalue weighted by atomic mass is 35.5. The number of rotatable bonds is 1. The fourth-order valence-electron chi connectivity index (χ4n) is 2.45. The molecule has 0 aliphatic heterocycles. The zero-order valence-corrected chi connectivity index (χ0v) is 12.2. The molecule has 2 nitrogen and oxygen atoms in total. The molecule has 1 heterocycles. The van der Waals surface area contributed by atoms with E-state index in [1.807, 2.05) is 26.0 Å². The Labute approximate surface area is 125 Å². The Balaban J connectivity index is 2.44. The summed E-state index contributed by atoms with van der Waals surface area (Å²) in [6.07, 6.45) is 0. The average Bonchev–Trinajstić information content (AvgIpc) is 2.44. The van der Waals surface area contributed by atoms with Crippen LogP contribution in [0.4, 0.5) is 8.78 Å². The van der Waals surface area contributed by atoms with Crippen LogP contribution in [-0.2, 0) is 0 Å². The number of nitrogens with zero attached hydrogens (tertiary/aromatic N) is 2. The summed E-state index contributed by atoms with van der Waals surface area (Å²) in [4.78, 5) is 0. The van der Waals surface area contributed by atoms with Crippen molar-refractivity contribution in [2.75, 3.05) is 0 Å². The van der Waals surface area contributed by atoms with Gasteiger partial charge in [0, 0.05) is 22.4 Å². The van der Waals surface area contributed by atoms with Gasteiger partial charge >= 0.3 is 0 Å². The first kappa shape index (κ1) is 13.9. The molecule has 0 aliphatic carbocycles. The minimum absolute atomic E-state index is 0.208. The van der Waals surface area contributed by atoms with Gasteiger partial charge in [-0.1, -0.05) is 23.7 Å². The van der Waals surface area contributed by atoms with Gasteiger partial charge in [0.15, 0.2) is 5.15 Å². The fourth-order valence-corrected chi connectivity index (χ4v) is 2.73. The zero-order chi connectivity index (χ0) is 15.1. The predicted molar refractivity (Wildman–Crippen MR) is 79.4 cm³/mol. The van der Waals surface area contributed by atoms with Crippen LogP contribution in [0.3, 0.4) is 0 Å². The van der Waals surface area contributed by atoms with E-state index < -0.39 is 11.6 Å². The minimum Gasteiger partial charge on any atom is -0.207 e. The van der Waals surface area contributed by atoms with Crippen molar-refractivity contribution in [3.05, 3.63) is 58.2 Å². The average molecular weight is 305 g/mol. The molecule has 3 aromatic rings. The van der Waals surface area contributed by atoms with Crippen LogP contribution in [0, 0.1) is 25.5 Å². The van der Waals surface area contributed by atoms with Crippen LogP contribution in [0.1, 0.15) is 11.1 Å². The highest BCUT2D eigenvalue weighted by Crippen LogP contribution is 2.35. The number of aromatic nitrogens is 2. The standard InChI is InChI=1S/C16H11ClF2N2/c1-8-3-4-9(2)14-13(8)15(20-21-16(14)17)11-6-5-10(18)7-12(11)19/h3-7H,1-2H3. The van der Waals surface area contributed by atoms with Crippen LogP contribution in [-0.4, -0.2) is 10.2 Å². The third kappa shape index (κ3) is 2.25. The Bertz CT molecular complexity index is 854. The summed E-state index contributed by atoms with van der Waals surface area (Å²) in [5.41, 5.74) is 2.41. The molecule has 0 saturated heterocycles. The van der Waals surface area contributed by atoms with E-state index in [2.05, 4.69) is 10.2 Å². The van der Waals surface area contributed by atoms with Gasteiger partial charge in [-0.05, 0) is 37.1 Å². The van der Waals surface area contributed by atoms with Crippen LogP contribution in [0.2, 0.25) is 5.15 Å². The van der Waals surface area contributed by atoms with Gasteiger partial charge in [0.1, 0.15) is 17.3 Å². The fraction of sp³-hybridized carbons (Fsp3) is 0.125. The van der Waals surface area contributed by atoms with E-state index in [1.165, 1.54) is 12.1 Å². The Kier molecular flexibility index (Phi) is 3.33. The van der Waals surface area contributed by atoms with Crippen molar-refractivity contribution in [1.82, 2.24) is 10.2 Å². The van der Waals surface area contributed by atoms with Crippen LogP contribution < -0.4 is 0 Å². The van der Waals surface area contributed by atoms with E-state index >= 15 is 0 Å². The summed E-state index contributed by atoms with van der Waals surface area (Å²) in [5.74, 6) is -1.30. The highest BCUT2D eigenvalue weighted by Gasteiger charge is 2.17. The predicted octanol–water partition coefficient (Wildman–Crippen LogP) is 4.85. The second-order valence-corrected chi connectivity index (χ2v) is 5.27. The van der Waals surface area contributed by atoms with Crippen molar-refractivity contribution in [3.63, 3.8) is 0 Å². The molecule has 21 heavy (non-hydrogen) atoms. The Morgan fingerprint density at radius 2 is 1.57 bits per heavy atom. The molecule has 5 heteroatoms. The van der Waals surface area contributed by atoms with E-state index in [0.29, 0.717) is 5.69 Å². The van der Waals surface area contributed by atoms with Gasteiger partial charge in [-0.3, -0.25) is 0 Å². The molecule has 1 aromatic heterocycles. The molecule has 0 spiro atoms. The molecular formula is C16H11ClF2N2. The number of fused-ring (bicyclic) bond motifs is 1. The lowest BCUT2D eigenvalue weighted by atomic mass is 9.98. The quantitative estimate of drug-likeness (QED) is 0.642. The summed E-state index contributed by atoms with van der Waals surface area (Å²) < 4.78 is 27.1. The van der Waals surface area contributed by atoms with E-state index in [4.69, 9.17) is 11.6 Å². The molecule has 0 radical (unpaired) electrons. The smallest absolute Gasteiger partial charge is 0.159 e. The molecule has 0 atom stereocenters. The van der Waals surface area contributed by atoms with Crippen molar-refractivity contribution < 1.29 is 8.78 Å². The SMILES string of the molecule is Cc1ccc(C)c2c(-c3ccc(F)cc3F)nnc(Cl)c12. The lowest BCUT2D eigenvalue weighted by Crippen LogP contribution is -1.97. The summed E-state index contributed by atoms with van der Waals surface area (Å²) in [7, 11) is 0. The maximum atomic E-state index is 14.1. The lowest BCUT2D eigenvalue weighted by Gasteiger charge is -2.11. The zero-order valence-electron chi connectivity index (χ0n) is 11.4. The van der Waals surface area contributed by atoms with Gasteiger partial charge in [-0.15, -0.1) is 10.2 Å². The first-order chi connectivity index (χ1) is 9.99. The molecule has 0 saturated carbocycles. The summed E-state index contributed by atoms with van der Waals surface area (Å²) >= 11 is 6.13. The first-order valence-electron chi connectivity index (χ1n) is 6.36. The summed E-state index contributed by atoms with van der Waals surface area (Å²) in [6, 6.07) is 7.24. The third-order valence-corrected chi connectivity index (χ3v) is 3.75. The van der Waals surface area contributed by atoms with E-state index in [9.17, 15) is 8.78 Å². The third-order valence-electron chi connectivity index (χ3n) is 3.49. The molecule has 0 bridgehead atoms.